The average Bonchev–Trinajstić information content (AvgIpc) is 3.17. The summed E-state index contributed by atoms with van der Waals surface area (Å²) in [6.07, 6.45) is -1.07. The SMILES string of the molecule is C[C@H](O)[C@H](N)C(=O)N1CCn2c(nc(-c3cc(F)c(F)c(F)c3)c2Nc2ccc(F)cc2)C1(C)C. The first kappa shape index (κ1) is 24.7. The molecule has 1 aromatic heterocycles. The zero-order chi connectivity index (χ0) is 25.7. The Balaban J connectivity index is 1.87. The van der Waals surface area contributed by atoms with Gasteiger partial charge in [-0.15, -0.1) is 0 Å². The molecule has 35 heavy (non-hydrogen) atoms. The second-order valence-electron chi connectivity index (χ2n) is 8.99. The summed E-state index contributed by atoms with van der Waals surface area (Å²) in [5.74, 6) is -4.58. The molecule has 1 aliphatic rings. The van der Waals surface area contributed by atoms with E-state index in [1.807, 2.05) is 0 Å². The zero-order valence-corrected chi connectivity index (χ0v) is 19.3. The van der Waals surface area contributed by atoms with Gasteiger partial charge in [0.1, 0.15) is 29.2 Å². The van der Waals surface area contributed by atoms with Crippen LogP contribution in [-0.4, -0.2) is 44.2 Å². The van der Waals surface area contributed by atoms with Gasteiger partial charge in [0.25, 0.3) is 0 Å². The molecule has 0 aliphatic carbocycles. The number of aliphatic hydroxyl groups excluding tert-OH is 1. The van der Waals surface area contributed by atoms with Crippen LogP contribution in [0.25, 0.3) is 11.3 Å². The number of carbonyl (C=O) groups excluding carboxylic acids is 1. The lowest BCUT2D eigenvalue weighted by Gasteiger charge is -2.43. The quantitative estimate of drug-likeness (QED) is 0.374. The highest BCUT2D eigenvalue weighted by Crippen LogP contribution is 2.40. The molecule has 1 aliphatic heterocycles. The Hall–Kier alpha value is -3.44. The summed E-state index contributed by atoms with van der Waals surface area (Å²) in [7, 11) is 0. The molecule has 4 N–H and O–H groups in total. The molecular formula is C24H25F4N5O2. The van der Waals surface area contributed by atoms with Crippen LogP contribution in [0.4, 0.5) is 29.1 Å². The molecule has 3 aromatic rings. The molecule has 4 rings (SSSR count). The minimum atomic E-state index is -1.60. The van der Waals surface area contributed by atoms with E-state index in [9.17, 15) is 27.5 Å². The summed E-state index contributed by atoms with van der Waals surface area (Å²) in [6.45, 7) is 5.32. The summed E-state index contributed by atoms with van der Waals surface area (Å²) < 4.78 is 57.0. The first-order valence-electron chi connectivity index (χ1n) is 11.0. The van der Waals surface area contributed by atoms with E-state index < -0.39 is 46.9 Å². The number of aromatic nitrogens is 2. The number of imidazole rings is 1. The zero-order valence-electron chi connectivity index (χ0n) is 19.3. The molecule has 0 saturated carbocycles. The van der Waals surface area contributed by atoms with Crippen LogP contribution >= 0.6 is 0 Å². The molecule has 2 aromatic carbocycles. The molecule has 11 heteroatoms. The fourth-order valence-electron chi connectivity index (χ4n) is 4.20. The smallest absolute Gasteiger partial charge is 0.243 e. The molecule has 2 atom stereocenters. The van der Waals surface area contributed by atoms with Gasteiger partial charge in [0.2, 0.25) is 5.91 Å². The van der Waals surface area contributed by atoms with Gasteiger partial charge in [0, 0.05) is 24.3 Å². The van der Waals surface area contributed by atoms with E-state index in [2.05, 4.69) is 10.3 Å². The Kier molecular flexibility index (Phi) is 6.32. The van der Waals surface area contributed by atoms with Crippen LogP contribution in [0.2, 0.25) is 0 Å². The van der Waals surface area contributed by atoms with Crippen molar-refractivity contribution >= 4 is 17.4 Å². The average molecular weight is 491 g/mol. The third-order valence-corrected chi connectivity index (χ3v) is 6.17. The van der Waals surface area contributed by atoms with Crippen LogP contribution in [-0.2, 0) is 16.9 Å². The van der Waals surface area contributed by atoms with Crippen molar-refractivity contribution in [1.29, 1.82) is 0 Å². The molecule has 0 bridgehead atoms. The minimum absolute atomic E-state index is 0.0257. The largest absolute Gasteiger partial charge is 0.391 e. The topological polar surface area (TPSA) is 96.4 Å². The molecule has 0 saturated heterocycles. The Morgan fingerprint density at radius 1 is 1.11 bits per heavy atom. The van der Waals surface area contributed by atoms with Crippen molar-refractivity contribution in [2.45, 2.75) is 45.0 Å². The van der Waals surface area contributed by atoms with Gasteiger partial charge in [-0.05, 0) is 57.2 Å². The summed E-state index contributed by atoms with van der Waals surface area (Å²) in [5, 5.41) is 12.9. The number of anilines is 2. The maximum atomic E-state index is 14.1. The third kappa shape index (κ3) is 4.37. The Bertz CT molecular complexity index is 1250. The van der Waals surface area contributed by atoms with Gasteiger partial charge in [-0.25, -0.2) is 22.5 Å². The third-order valence-electron chi connectivity index (χ3n) is 6.17. The number of carbonyl (C=O) groups is 1. The van der Waals surface area contributed by atoms with Crippen LogP contribution in [0.15, 0.2) is 36.4 Å². The van der Waals surface area contributed by atoms with Crippen molar-refractivity contribution in [3.63, 3.8) is 0 Å². The molecule has 7 nitrogen and oxygen atoms in total. The van der Waals surface area contributed by atoms with Crippen molar-refractivity contribution in [2.24, 2.45) is 5.73 Å². The molecular weight excluding hydrogens is 466 g/mol. The van der Waals surface area contributed by atoms with E-state index in [4.69, 9.17) is 5.73 Å². The number of rotatable bonds is 5. The van der Waals surface area contributed by atoms with Crippen LogP contribution in [0, 0.1) is 23.3 Å². The Morgan fingerprint density at radius 2 is 1.71 bits per heavy atom. The first-order valence-corrected chi connectivity index (χ1v) is 11.0. The number of fused-ring (bicyclic) bond motifs is 1. The summed E-state index contributed by atoms with van der Waals surface area (Å²) in [4.78, 5) is 19.1. The van der Waals surface area contributed by atoms with Crippen molar-refractivity contribution in [1.82, 2.24) is 14.5 Å². The second-order valence-corrected chi connectivity index (χ2v) is 8.99. The van der Waals surface area contributed by atoms with Crippen molar-refractivity contribution in [3.05, 3.63) is 65.5 Å². The number of benzene rings is 2. The predicted octanol–water partition coefficient (Wildman–Crippen LogP) is 3.64. The fourth-order valence-corrected chi connectivity index (χ4v) is 4.20. The lowest BCUT2D eigenvalue weighted by atomic mass is 9.97. The maximum absolute atomic E-state index is 14.1. The number of nitrogens with zero attached hydrogens (tertiary/aromatic N) is 3. The maximum Gasteiger partial charge on any atom is 0.243 e. The second kappa shape index (κ2) is 8.97. The number of aliphatic hydroxyl groups is 1. The molecule has 0 radical (unpaired) electrons. The van der Waals surface area contributed by atoms with Crippen LogP contribution < -0.4 is 11.1 Å². The summed E-state index contributed by atoms with van der Waals surface area (Å²) in [5.41, 5.74) is 5.43. The lowest BCUT2D eigenvalue weighted by molar-refractivity contribution is -0.142. The van der Waals surface area contributed by atoms with E-state index in [0.717, 1.165) is 12.1 Å². The predicted molar refractivity (Wildman–Crippen MR) is 122 cm³/mol. The first-order chi connectivity index (χ1) is 16.4. The van der Waals surface area contributed by atoms with Gasteiger partial charge in [-0.3, -0.25) is 4.79 Å². The monoisotopic (exact) mass is 491 g/mol. The van der Waals surface area contributed by atoms with Crippen molar-refractivity contribution in [3.8, 4) is 11.3 Å². The molecule has 0 unspecified atom stereocenters. The Labute approximate surface area is 199 Å². The number of hydrogen-bond donors (Lipinski definition) is 3. The van der Waals surface area contributed by atoms with Gasteiger partial charge < -0.3 is 25.6 Å². The fraction of sp³-hybridized carbons (Fsp3) is 0.333. The van der Waals surface area contributed by atoms with Crippen LogP contribution in [0.3, 0.4) is 0 Å². The highest BCUT2D eigenvalue weighted by Gasteiger charge is 2.43. The van der Waals surface area contributed by atoms with Crippen molar-refractivity contribution in [2.75, 3.05) is 11.9 Å². The molecule has 1 amide bonds. The summed E-state index contributed by atoms with van der Waals surface area (Å²) in [6, 6.07) is 5.98. The molecule has 0 fully saturated rings. The van der Waals surface area contributed by atoms with E-state index >= 15 is 0 Å². The van der Waals surface area contributed by atoms with Crippen molar-refractivity contribution < 1.29 is 27.5 Å². The number of nitrogens with one attached hydrogen (secondary N) is 1. The number of hydrogen-bond acceptors (Lipinski definition) is 5. The number of halogens is 4. The van der Waals surface area contributed by atoms with E-state index in [-0.39, 0.29) is 24.3 Å². The highest BCUT2D eigenvalue weighted by molar-refractivity contribution is 5.84. The van der Waals surface area contributed by atoms with Gasteiger partial charge in [-0.2, -0.15) is 0 Å². The standard InChI is InChI=1S/C24H25F4N5O2/c1-12(34)19(29)22(35)33-9-8-32-21(30-15-6-4-14(25)5-7-15)20(31-23(32)24(33,2)3)13-10-16(26)18(28)17(27)11-13/h4-7,10-12,19,30,34H,8-9,29H2,1-3H3/t12-,19-/m0/s1. The van der Waals surface area contributed by atoms with Gasteiger partial charge in [0.15, 0.2) is 17.5 Å². The molecule has 186 valence electrons. The van der Waals surface area contributed by atoms with E-state index in [0.29, 0.717) is 17.3 Å². The highest BCUT2D eigenvalue weighted by atomic mass is 19.2. The lowest BCUT2D eigenvalue weighted by Crippen LogP contribution is -2.58. The summed E-state index contributed by atoms with van der Waals surface area (Å²) >= 11 is 0. The van der Waals surface area contributed by atoms with E-state index in [1.165, 1.54) is 36.1 Å². The molecule has 0 spiro atoms. The van der Waals surface area contributed by atoms with Crippen LogP contribution in [0.1, 0.15) is 26.6 Å². The van der Waals surface area contributed by atoms with Crippen LogP contribution in [0.5, 0.6) is 0 Å². The van der Waals surface area contributed by atoms with E-state index in [1.54, 1.807) is 18.4 Å². The Morgan fingerprint density at radius 3 is 2.29 bits per heavy atom. The van der Waals surface area contributed by atoms with Gasteiger partial charge >= 0.3 is 0 Å². The minimum Gasteiger partial charge on any atom is -0.391 e. The van der Waals surface area contributed by atoms with Gasteiger partial charge in [-0.1, -0.05) is 0 Å². The molecule has 2 heterocycles. The number of amides is 1. The van der Waals surface area contributed by atoms with Gasteiger partial charge in [0.05, 0.1) is 11.6 Å². The number of nitrogens with two attached hydrogens (primary N) is 1. The normalized spacial score (nSPS) is 16.5.